The number of nitrogens with zero attached hydrogens (tertiary/aromatic N) is 1. The minimum Gasteiger partial charge on any atom is -0.336 e. The quantitative estimate of drug-likeness (QED) is 0.675. The van der Waals surface area contributed by atoms with Gasteiger partial charge in [-0.2, -0.15) is 26.3 Å². The smallest absolute Gasteiger partial charge is 0.336 e. The molecule has 1 aromatic carbocycles. The summed E-state index contributed by atoms with van der Waals surface area (Å²) in [5.74, 6) is -0.669. The van der Waals surface area contributed by atoms with E-state index in [1.807, 2.05) is 0 Å². The number of hydrogen-bond acceptors (Lipinski definition) is 2. The molecule has 1 N–H and O–H groups in total. The van der Waals surface area contributed by atoms with Crippen molar-refractivity contribution in [2.24, 2.45) is 0 Å². The van der Waals surface area contributed by atoms with Gasteiger partial charge < -0.3 is 4.98 Å². The fourth-order valence-electron chi connectivity index (χ4n) is 1.80. The number of carbonyl (C=O) groups is 1. The zero-order valence-corrected chi connectivity index (χ0v) is 10.0. The molecule has 0 fully saturated rings. The summed E-state index contributed by atoms with van der Waals surface area (Å²) in [7, 11) is 0. The maximum Gasteiger partial charge on any atom is 0.417 e. The van der Waals surface area contributed by atoms with Gasteiger partial charge in [-0.15, -0.1) is 0 Å². The molecule has 0 aliphatic heterocycles. The molecule has 0 saturated heterocycles. The summed E-state index contributed by atoms with van der Waals surface area (Å²) >= 11 is 0. The number of benzene rings is 1. The number of hydrogen-bond donors (Lipinski definition) is 1. The number of nitrogens with one attached hydrogen (secondary N) is 1. The van der Waals surface area contributed by atoms with Crippen LogP contribution in [0.5, 0.6) is 0 Å². The fraction of sp³-hybridized carbons (Fsp3) is 0.167. The highest BCUT2D eigenvalue weighted by atomic mass is 19.4. The summed E-state index contributed by atoms with van der Waals surface area (Å²) in [5, 5.41) is 0. The van der Waals surface area contributed by atoms with E-state index in [9.17, 15) is 31.1 Å². The highest BCUT2D eigenvalue weighted by Crippen LogP contribution is 2.43. The van der Waals surface area contributed by atoms with Crippen molar-refractivity contribution in [2.45, 2.75) is 12.4 Å². The summed E-state index contributed by atoms with van der Waals surface area (Å²) in [5.41, 5.74) is -4.33. The molecule has 9 heteroatoms. The number of imidazole rings is 1. The maximum absolute atomic E-state index is 12.9. The third kappa shape index (κ3) is 2.91. The van der Waals surface area contributed by atoms with Crippen LogP contribution in [-0.2, 0) is 12.4 Å². The van der Waals surface area contributed by atoms with Gasteiger partial charge in [0.05, 0.1) is 23.0 Å². The van der Waals surface area contributed by atoms with Crippen molar-refractivity contribution in [3.8, 4) is 11.4 Å². The first-order valence-electron chi connectivity index (χ1n) is 5.42. The van der Waals surface area contributed by atoms with Gasteiger partial charge in [-0.1, -0.05) is 6.07 Å². The lowest BCUT2D eigenvalue weighted by molar-refractivity contribution is -0.142. The van der Waals surface area contributed by atoms with E-state index in [1.165, 1.54) is 0 Å². The first-order valence-corrected chi connectivity index (χ1v) is 5.42. The third-order valence-corrected chi connectivity index (χ3v) is 2.63. The molecule has 21 heavy (non-hydrogen) atoms. The summed E-state index contributed by atoms with van der Waals surface area (Å²) in [6, 6.07) is 1.71. The van der Waals surface area contributed by atoms with Gasteiger partial charge in [-0.25, -0.2) is 4.98 Å². The Labute approximate surface area is 113 Å². The van der Waals surface area contributed by atoms with Gasteiger partial charge in [0.25, 0.3) is 0 Å². The van der Waals surface area contributed by atoms with Crippen LogP contribution >= 0.6 is 0 Å². The number of carbonyl (C=O) groups excluding carboxylic acids is 1. The molecule has 0 amide bonds. The second-order valence-electron chi connectivity index (χ2n) is 4.03. The molecule has 1 heterocycles. The van der Waals surface area contributed by atoms with Crippen LogP contribution in [0.25, 0.3) is 11.4 Å². The second-order valence-corrected chi connectivity index (χ2v) is 4.03. The van der Waals surface area contributed by atoms with Gasteiger partial charge in [-0.05, 0) is 12.1 Å². The molecule has 0 radical (unpaired) electrons. The van der Waals surface area contributed by atoms with Crippen LogP contribution in [0.2, 0.25) is 0 Å². The lowest BCUT2D eigenvalue weighted by atomic mass is 9.99. The van der Waals surface area contributed by atoms with Crippen molar-refractivity contribution in [1.29, 1.82) is 0 Å². The molecule has 0 aliphatic carbocycles. The van der Waals surface area contributed by atoms with Crippen LogP contribution in [0, 0.1) is 0 Å². The minimum absolute atomic E-state index is 0.227. The minimum atomic E-state index is -5.00. The average Bonchev–Trinajstić information content (AvgIpc) is 2.84. The maximum atomic E-state index is 12.9. The predicted molar refractivity (Wildman–Crippen MR) is 59.4 cm³/mol. The molecule has 0 atom stereocenters. The zero-order valence-electron chi connectivity index (χ0n) is 10.0. The summed E-state index contributed by atoms with van der Waals surface area (Å²) in [4.78, 5) is 16.0. The Hall–Kier alpha value is -2.32. The molecular weight excluding hydrogens is 302 g/mol. The fourth-order valence-corrected chi connectivity index (χ4v) is 1.80. The summed E-state index contributed by atoms with van der Waals surface area (Å²) < 4.78 is 77.5. The van der Waals surface area contributed by atoms with Crippen LogP contribution in [0.3, 0.4) is 0 Å². The van der Waals surface area contributed by atoms with Crippen molar-refractivity contribution >= 4 is 6.29 Å². The molecule has 1 aromatic heterocycles. The molecule has 0 spiro atoms. The lowest BCUT2D eigenvalue weighted by Crippen LogP contribution is -2.14. The van der Waals surface area contributed by atoms with Crippen molar-refractivity contribution in [3.05, 3.63) is 41.2 Å². The molecule has 0 saturated carbocycles. The predicted octanol–water partition coefficient (Wildman–Crippen LogP) is 3.93. The van der Waals surface area contributed by atoms with Crippen LogP contribution < -0.4 is 0 Å². The first-order chi connectivity index (χ1) is 9.64. The monoisotopic (exact) mass is 308 g/mol. The molecule has 0 aliphatic rings. The van der Waals surface area contributed by atoms with Crippen LogP contribution in [0.15, 0.2) is 24.4 Å². The highest BCUT2D eigenvalue weighted by Gasteiger charge is 2.41. The SMILES string of the molecule is O=Cc1cnc(-c2c(C(F)(F)F)cccc2C(F)(F)F)[nH]1. The Balaban J connectivity index is 2.78. The number of halogens is 6. The Morgan fingerprint density at radius 2 is 1.52 bits per heavy atom. The van der Waals surface area contributed by atoms with Gasteiger partial charge in [0.1, 0.15) is 5.82 Å². The van der Waals surface area contributed by atoms with Crippen molar-refractivity contribution < 1.29 is 31.1 Å². The Morgan fingerprint density at radius 3 is 1.90 bits per heavy atom. The van der Waals surface area contributed by atoms with Crippen molar-refractivity contribution in [2.75, 3.05) is 0 Å². The van der Waals surface area contributed by atoms with E-state index in [4.69, 9.17) is 0 Å². The standard InChI is InChI=1S/C12H6F6N2O/c13-11(14,15)7-2-1-3-8(12(16,17)18)9(7)10-19-4-6(5-21)20-10/h1-5H,(H,19,20). The molecule has 0 bridgehead atoms. The molecule has 112 valence electrons. The number of H-pyrrole nitrogens is 1. The van der Waals surface area contributed by atoms with E-state index >= 15 is 0 Å². The molecule has 2 aromatic rings. The number of aromatic nitrogens is 2. The van der Waals surface area contributed by atoms with Crippen LogP contribution in [-0.4, -0.2) is 16.3 Å². The molecule has 3 nitrogen and oxygen atoms in total. The molecule has 0 unspecified atom stereocenters. The van der Waals surface area contributed by atoms with E-state index in [1.54, 1.807) is 0 Å². The van der Waals surface area contributed by atoms with E-state index in [0.29, 0.717) is 18.2 Å². The third-order valence-electron chi connectivity index (χ3n) is 2.63. The van der Waals surface area contributed by atoms with Gasteiger partial charge in [0.2, 0.25) is 0 Å². The van der Waals surface area contributed by atoms with E-state index in [-0.39, 0.29) is 12.0 Å². The van der Waals surface area contributed by atoms with E-state index < -0.39 is 34.9 Å². The summed E-state index contributed by atoms with van der Waals surface area (Å²) in [6.07, 6.45) is -8.90. The Bertz CT molecular complexity index is 639. The summed E-state index contributed by atoms with van der Waals surface area (Å²) in [6.45, 7) is 0. The topological polar surface area (TPSA) is 45.8 Å². The van der Waals surface area contributed by atoms with Crippen molar-refractivity contribution in [3.63, 3.8) is 0 Å². The largest absolute Gasteiger partial charge is 0.417 e. The number of rotatable bonds is 2. The number of aldehydes is 1. The zero-order chi connectivity index (χ0) is 15.8. The molecule has 2 rings (SSSR count). The normalized spacial score (nSPS) is 12.5. The first kappa shape index (κ1) is 15.1. The van der Waals surface area contributed by atoms with Gasteiger partial charge in [0, 0.05) is 5.56 Å². The number of aromatic amines is 1. The highest BCUT2D eigenvalue weighted by molar-refractivity contribution is 5.75. The lowest BCUT2D eigenvalue weighted by Gasteiger charge is -2.17. The number of alkyl halides is 6. The van der Waals surface area contributed by atoms with Gasteiger partial charge in [-0.3, -0.25) is 4.79 Å². The average molecular weight is 308 g/mol. The van der Waals surface area contributed by atoms with Gasteiger partial charge >= 0.3 is 12.4 Å². The van der Waals surface area contributed by atoms with Crippen LogP contribution in [0.4, 0.5) is 26.3 Å². The second kappa shape index (κ2) is 4.90. The van der Waals surface area contributed by atoms with Gasteiger partial charge in [0.15, 0.2) is 6.29 Å². The Kier molecular flexibility index (Phi) is 3.52. The molecular formula is C12H6F6N2O. The Morgan fingerprint density at radius 1 is 1.00 bits per heavy atom. The van der Waals surface area contributed by atoms with E-state index in [0.717, 1.165) is 6.20 Å². The van der Waals surface area contributed by atoms with Crippen LogP contribution in [0.1, 0.15) is 21.6 Å². The van der Waals surface area contributed by atoms with E-state index in [2.05, 4.69) is 9.97 Å². The van der Waals surface area contributed by atoms with Crippen molar-refractivity contribution in [1.82, 2.24) is 9.97 Å².